The van der Waals surface area contributed by atoms with Crippen LogP contribution in [0.1, 0.15) is 13.3 Å². The number of hydrogen-bond donors (Lipinski definition) is 1. The highest BCUT2D eigenvalue weighted by atomic mass is 16.2. The van der Waals surface area contributed by atoms with Gasteiger partial charge in [0.1, 0.15) is 0 Å². The summed E-state index contributed by atoms with van der Waals surface area (Å²) in [7, 11) is 1.80. The molecule has 2 unspecified atom stereocenters. The van der Waals surface area contributed by atoms with Gasteiger partial charge in [0.15, 0.2) is 0 Å². The van der Waals surface area contributed by atoms with Crippen molar-refractivity contribution in [1.82, 2.24) is 15.1 Å². The molecule has 2 aliphatic heterocycles. The van der Waals surface area contributed by atoms with Gasteiger partial charge in [0.05, 0.1) is 12.5 Å². The first-order valence-electron chi connectivity index (χ1n) is 6.33. The van der Waals surface area contributed by atoms with Gasteiger partial charge in [-0.3, -0.25) is 9.59 Å². The quantitative estimate of drug-likeness (QED) is 0.673. The molecule has 0 aromatic heterocycles. The van der Waals surface area contributed by atoms with Crippen LogP contribution in [0.15, 0.2) is 0 Å². The van der Waals surface area contributed by atoms with Crippen molar-refractivity contribution < 1.29 is 9.59 Å². The molecule has 17 heavy (non-hydrogen) atoms. The summed E-state index contributed by atoms with van der Waals surface area (Å²) in [6.45, 7) is 5.45. The van der Waals surface area contributed by atoms with Crippen LogP contribution in [0, 0.1) is 11.8 Å². The molecule has 2 fully saturated rings. The molecule has 0 aromatic carbocycles. The van der Waals surface area contributed by atoms with Crippen LogP contribution in [0.25, 0.3) is 0 Å². The van der Waals surface area contributed by atoms with Crippen molar-refractivity contribution in [1.29, 1.82) is 0 Å². The SMILES string of the molecule is CC1CNCC1C(=O)N1CCCN(C)C(=O)C1. The van der Waals surface area contributed by atoms with Gasteiger partial charge in [-0.05, 0) is 18.9 Å². The van der Waals surface area contributed by atoms with Crippen LogP contribution in [0.3, 0.4) is 0 Å². The third kappa shape index (κ3) is 2.60. The molecule has 2 saturated heterocycles. The molecule has 2 rings (SSSR count). The Labute approximate surface area is 102 Å². The number of amides is 2. The van der Waals surface area contributed by atoms with Crippen molar-refractivity contribution >= 4 is 11.8 Å². The predicted octanol–water partition coefficient (Wildman–Crippen LogP) is -0.467. The molecule has 5 nitrogen and oxygen atoms in total. The number of rotatable bonds is 1. The van der Waals surface area contributed by atoms with E-state index in [9.17, 15) is 9.59 Å². The molecular formula is C12H21N3O2. The van der Waals surface area contributed by atoms with Gasteiger partial charge in [-0.25, -0.2) is 0 Å². The van der Waals surface area contributed by atoms with E-state index in [0.717, 1.165) is 26.1 Å². The van der Waals surface area contributed by atoms with Crippen molar-refractivity contribution in [3.05, 3.63) is 0 Å². The molecule has 0 saturated carbocycles. The third-order valence-corrected chi connectivity index (χ3v) is 3.82. The Morgan fingerprint density at radius 3 is 2.76 bits per heavy atom. The molecule has 96 valence electrons. The van der Waals surface area contributed by atoms with E-state index in [4.69, 9.17) is 0 Å². The van der Waals surface area contributed by atoms with E-state index < -0.39 is 0 Å². The summed E-state index contributed by atoms with van der Waals surface area (Å²) in [5.41, 5.74) is 0. The predicted molar refractivity (Wildman–Crippen MR) is 64.4 cm³/mol. The summed E-state index contributed by atoms with van der Waals surface area (Å²) in [6.07, 6.45) is 0.877. The second kappa shape index (κ2) is 5.04. The summed E-state index contributed by atoms with van der Waals surface area (Å²) < 4.78 is 0. The average molecular weight is 239 g/mol. The molecule has 1 N–H and O–H groups in total. The zero-order valence-corrected chi connectivity index (χ0v) is 10.6. The van der Waals surface area contributed by atoms with Crippen molar-refractivity contribution in [2.75, 3.05) is 39.8 Å². The van der Waals surface area contributed by atoms with Crippen molar-refractivity contribution in [3.63, 3.8) is 0 Å². The van der Waals surface area contributed by atoms with Crippen LogP contribution in [0.5, 0.6) is 0 Å². The molecule has 2 aliphatic rings. The van der Waals surface area contributed by atoms with Gasteiger partial charge < -0.3 is 15.1 Å². The zero-order chi connectivity index (χ0) is 12.4. The maximum absolute atomic E-state index is 12.3. The fraction of sp³-hybridized carbons (Fsp3) is 0.833. The molecule has 0 bridgehead atoms. The molecule has 0 aliphatic carbocycles. The summed E-state index contributed by atoms with van der Waals surface area (Å²) in [6, 6.07) is 0. The second-order valence-corrected chi connectivity index (χ2v) is 5.17. The zero-order valence-electron chi connectivity index (χ0n) is 10.6. The Kier molecular flexibility index (Phi) is 3.66. The van der Waals surface area contributed by atoms with Gasteiger partial charge in [0.25, 0.3) is 0 Å². The number of carbonyl (C=O) groups excluding carboxylic acids is 2. The number of hydrogen-bond acceptors (Lipinski definition) is 3. The number of nitrogens with one attached hydrogen (secondary N) is 1. The van der Waals surface area contributed by atoms with Gasteiger partial charge in [-0.2, -0.15) is 0 Å². The van der Waals surface area contributed by atoms with Crippen LogP contribution in [-0.2, 0) is 9.59 Å². The molecule has 0 aromatic rings. The number of nitrogens with zero attached hydrogens (tertiary/aromatic N) is 2. The summed E-state index contributed by atoms with van der Waals surface area (Å²) in [5, 5.41) is 3.23. The maximum atomic E-state index is 12.3. The first-order valence-corrected chi connectivity index (χ1v) is 6.33. The maximum Gasteiger partial charge on any atom is 0.241 e. The summed E-state index contributed by atoms with van der Waals surface area (Å²) in [5.74, 6) is 0.616. The van der Waals surface area contributed by atoms with Crippen LogP contribution in [-0.4, -0.2) is 61.4 Å². The van der Waals surface area contributed by atoms with E-state index in [1.807, 2.05) is 0 Å². The molecule has 2 heterocycles. The van der Waals surface area contributed by atoms with E-state index >= 15 is 0 Å². The van der Waals surface area contributed by atoms with E-state index in [-0.39, 0.29) is 24.3 Å². The Morgan fingerprint density at radius 2 is 2.12 bits per heavy atom. The lowest BCUT2D eigenvalue weighted by atomic mass is 9.96. The van der Waals surface area contributed by atoms with Gasteiger partial charge in [-0.1, -0.05) is 6.92 Å². The van der Waals surface area contributed by atoms with Gasteiger partial charge >= 0.3 is 0 Å². The van der Waals surface area contributed by atoms with Gasteiger partial charge in [0.2, 0.25) is 11.8 Å². The molecule has 0 radical (unpaired) electrons. The van der Waals surface area contributed by atoms with E-state index in [1.165, 1.54) is 0 Å². The van der Waals surface area contributed by atoms with Crippen molar-refractivity contribution in [2.24, 2.45) is 11.8 Å². The molecular weight excluding hydrogens is 218 g/mol. The van der Waals surface area contributed by atoms with Crippen LogP contribution >= 0.6 is 0 Å². The Morgan fingerprint density at radius 1 is 1.35 bits per heavy atom. The molecule has 2 atom stereocenters. The number of carbonyl (C=O) groups is 2. The largest absolute Gasteiger partial charge is 0.344 e. The van der Waals surface area contributed by atoms with Crippen LogP contribution < -0.4 is 5.32 Å². The summed E-state index contributed by atoms with van der Waals surface area (Å²) >= 11 is 0. The molecule has 0 spiro atoms. The standard InChI is InChI=1S/C12H21N3O2/c1-9-6-13-7-10(9)12(17)15-5-3-4-14(2)11(16)8-15/h9-10,13H,3-8H2,1-2H3. The minimum Gasteiger partial charge on any atom is -0.344 e. The number of likely N-dealkylation sites (N-methyl/N-ethyl adjacent to an activating group) is 1. The van der Waals surface area contributed by atoms with Crippen LogP contribution in [0.4, 0.5) is 0 Å². The van der Waals surface area contributed by atoms with E-state index in [1.54, 1.807) is 16.8 Å². The van der Waals surface area contributed by atoms with Gasteiger partial charge in [-0.15, -0.1) is 0 Å². The highest BCUT2D eigenvalue weighted by Gasteiger charge is 2.34. The smallest absolute Gasteiger partial charge is 0.241 e. The normalized spacial score (nSPS) is 30.6. The fourth-order valence-electron chi connectivity index (χ4n) is 2.55. The first kappa shape index (κ1) is 12.4. The van der Waals surface area contributed by atoms with E-state index in [2.05, 4.69) is 12.2 Å². The Bertz CT molecular complexity index is 319. The van der Waals surface area contributed by atoms with Crippen molar-refractivity contribution in [2.45, 2.75) is 13.3 Å². The monoisotopic (exact) mass is 239 g/mol. The Balaban J connectivity index is 2.01. The lowest BCUT2D eigenvalue weighted by molar-refractivity contribution is -0.141. The topological polar surface area (TPSA) is 52.7 Å². The third-order valence-electron chi connectivity index (χ3n) is 3.82. The average Bonchev–Trinajstić information content (AvgIpc) is 2.65. The first-order chi connectivity index (χ1) is 8.09. The second-order valence-electron chi connectivity index (χ2n) is 5.17. The highest BCUT2D eigenvalue weighted by Crippen LogP contribution is 2.19. The fourth-order valence-corrected chi connectivity index (χ4v) is 2.55. The molecule has 5 heteroatoms. The van der Waals surface area contributed by atoms with E-state index in [0.29, 0.717) is 12.5 Å². The van der Waals surface area contributed by atoms with Crippen LogP contribution in [0.2, 0.25) is 0 Å². The minimum absolute atomic E-state index is 0.0474. The Hall–Kier alpha value is -1.10. The minimum atomic E-state index is 0.0474. The molecule has 2 amide bonds. The lowest BCUT2D eigenvalue weighted by Crippen LogP contribution is -2.42. The highest BCUT2D eigenvalue weighted by molar-refractivity contribution is 5.86. The summed E-state index contributed by atoms with van der Waals surface area (Å²) in [4.78, 5) is 27.5. The van der Waals surface area contributed by atoms with Crippen molar-refractivity contribution in [3.8, 4) is 0 Å². The lowest BCUT2D eigenvalue weighted by Gasteiger charge is -2.24. The van der Waals surface area contributed by atoms with Gasteiger partial charge in [0, 0.05) is 26.7 Å².